The summed E-state index contributed by atoms with van der Waals surface area (Å²) in [6.07, 6.45) is 1.82. The fourth-order valence-electron chi connectivity index (χ4n) is 2.39. The van der Waals surface area contributed by atoms with Crippen LogP contribution < -0.4 is 5.63 Å². The zero-order chi connectivity index (χ0) is 15.3. The van der Waals surface area contributed by atoms with Crippen LogP contribution in [0.2, 0.25) is 0 Å². The molecule has 22 heavy (non-hydrogen) atoms. The average molecular weight is 420 g/mol. The molecule has 4 aromatic rings. The monoisotopic (exact) mass is 418 g/mol. The van der Waals surface area contributed by atoms with Gasteiger partial charge in [0.25, 0.3) is 0 Å². The number of aromatic nitrogens is 2. The first-order valence-electron chi connectivity index (χ1n) is 6.49. The molecule has 2 aromatic carbocycles. The quantitative estimate of drug-likeness (QED) is 0.421. The molecule has 4 nitrogen and oxygen atoms in total. The van der Waals surface area contributed by atoms with Gasteiger partial charge in [-0.1, -0.05) is 34.1 Å². The van der Waals surface area contributed by atoms with Crippen molar-refractivity contribution in [2.75, 3.05) is 0 Å². The van der Waals surface area contributed by atoms with E-state index >= 15 is 0 Å². The van der Waals surface area contributed by atoms with Crippen molar-refractivity contribution in [3.63, 3.8) is 0 Å². The molecule has 6 heteroatoms. The average Bonchev–Trinajstić information content (AvgIpc) is 2.91. The minimum Gasteiger partial charge on any atom is -0.420 e. The molecule has 0 fully saturated rings. The van der Waals surface area contributed by atoms with Crippen molar-refractivity contribution in [1.82, 2.24) is 9.78 Å². The number of fused-ring (bicyclic) bond motifs is 2. The molecule has 2 heterocycles. The molecule has 0 aliphatic heterocycles. The van der Waals surface area contributed by atoms with Crippen LogP contribution >= 0.6 is 31.9 Å². The lowest BCUT2D eigenvalue weighted by atomic mass is 10.2. The molecule has 0 aliphatic carbocycles. The molecule has 0 saturated carbocycles. The Labute approximate surface area is 141 Å². The lowest BCUT2D eigenvalue weighted by Gasteiger charge is -2.04. The molecular weight excluding hydrogens is 412 g/mol. The van der Waals surface area contributed by atoms with E-state index in [1.165, 1.54) is 0 Å². The zero-order valence-corrected chi connectivity index (χ0v) is 14.3. The normalized spacial score (nSPS) is 11.4. The number of hydrogen-bond donors (Lipinski definition) is 0. The molecule has 0 spiro atoms. The summed E-state index contributed by atoms with van der Waals surface area (Å²) >= 11 is 6.84. The van der Waals surface area contributed by atoms with Gasteiger partial charge in [-0.15, -0.1) is 0 Å². The van der Waals surface area contributed by atoms with Crippen molar-refractivity contribution in [1.29, 1.82) is 0 Å². The van der Waals surface area contributed by atoms with Gasteiger partial charge in [-0.2, -0.15) is 5.10 Å². The number of benzene rings is 2. The molecule has 0 saturated heterocycles. The van der Waals surface area contributed by atoms with E-state index in [2.05, 4.69) is 37.0 Å². The number of hydrogen-bond acceptors (Lipinski definition) is 3. The van der Waals surface area contributed by atoms with Gasteiger partial charge in [0, 0.05) is 21.4 Å². The molecule has 0 N–H and O–H groups in total. The number of halogens is 2. The Balaban J connectivity index is 2.02. The Kier molecular flexibility index (Phi) is 3.16. The van der Waals surface area contributed by atoms with Gasteiger partial charge in [0.1, 0.15) is 0 Å². The lowest BCUT2D eigenvalue weighted by molar-refractivity contribution is 0.551. The third-order valence-electron chi connectivity index (χ3n) is 3.39. The Morgan fingerprint density at radius 2 is 1.86 bits per heavy atom. The zero-order valence-electron chi connectivity index (χ0n) is 11.1. The van der Waals surface area contributed by atoms with Crippen LogP contribution in [0.5, 0.6) is 0 Å². The smallest absolute Gasteiger partial charge is 0.362 e. The van der Waals surface area contributed by atoms with Gasteiger partial charge >= 0.3 is 5.63 Å². The minimum atomic E-state index is -0.427. The van der Waals surface area contributed by atoms with Gasteiger partial charge in [-0.3, -0.25) is 0 Å². The third-order valence-corrected chi connectivity index (χ3v) is 4.44. The summed E-state index contributed by atoms with van der Waals surface area (Å²) in [6.45, 7) is 0. The fourth-order valence-corrected chi connectivity index (χ4v) is 3.73. The van der Waals surface area contributed by atoms with Crippen LogP contribution in [0.4, 0.5) is 0 Å². The van der Waals surface area contributed by atoms with Gasteiger partial charge in [0.2, 0.25) is 0 Å². The van der Waals surface area contributed by atoms with E-state index < -0.39 is 5.63 Å². The van der Waals surface area contributed by atoms with E-state index in [0.29, 0.717) is 11.3 Å². The summed E-state index contributed by atoms with van der Waals surface area (Å²) in [6, 6.07) is 13.2. The molecule has 0 radical (unpaired) electrons. The number of rotatable bonds is 1. The predicted octanol–water partition coefficient (Wildman–Crippen LogP) is 4.66. The summed E-state index contributed by atoms with van der Waals surface area (Å²) in [4.78, 5) is 12.3. The second kappa shape index (κ2) is 5.07. The van der Waals surface area contributed by atoms with Crippen LogP contribution in [0, 0.1) is 0 Å². The maximum Gasteiger partial charge on any atom is 0.362 e. The molecule has 2 aromatic heterocycles. The van der Waals surface area contributed by atoms with Crippen molar-refractivity contribution in [2.24, 2.45) is 0 Å². The third kappa shape index (κ3) is 2.19. The van der Waals surface area contributed by atoms with E-state index in [1.54, 1.807) is 10.7 Å². The maximum absolute atomic E-state index is 12.3. The van der Waals surface area contributed by atoms with Gasteiger partial charge in [-0.25, -0.2) is 9.48 Å². The highest BCUT2D eigenvalue weighted by atomic mass is 79.9. The Bertz CT molecular complexity index is 1050. The summed E-state index contributed by atoms with van der Waals surface area (Å²) < 4.78 is 8.63. The van der Waals surface area contributed by atoms with Crippen LogP contribution in [0.15, 0.2) is 66.8 Å². The largest absolute Gasteiger partial charge is 0.420 e. The van der Waals surface area contributed by atoms with Crippen LogP contribution in [-0.2, 0) is 0 Å². The Hall–Kier alpha value is -1.92. The van der Waals surface area contributed by atoms with Gasteiger partial charge in [0.05, 0.1) is 9.99 Å². The minimum absolute atomic E-state index is 0.383. The van der Waals surface area contributed by atoms with Crippen LogP contribution in [0.3, 0.4) is 0 Å². The molecular formula is C16H8Br2N2O2. The Morgan fingerprint density at radius 3 is 2.68 bits per heavy atom. The van der Waals surface area contributed by atoms with Crippen molar-refractivity contribution in [2.45, 2.75) is 0 Å². The first-order chi connectivity index (χ1) is 10.6. The van der Waals surface area contributed by atoms with Crippen LogP contribution in [-0.4, -0.2) is 9.78 Å². The van der Waals surface area contributed by atoms with E-state index in [1.807, 2.05) is 42.6 Å². The molecule has 0 aliphatic rings. The van der Waals surface area contributed by atoms with E-state index in [0.717, 1.165) is 25.2 Å². The van der Waals surface area contributed by atoms with E-state index in [4.69, 9.17) is 4.42 Å². The van der Waals surface area contributed by atoms with Crippen molar-refractivity contribution in [3.05, 3.63) is 68.0 Å². The van der Waals surface area contributed by atoms with Gasteiger partial charge in [0.15, 0.2) is 11.3 Å². The number of nitrogens with zero attached hydrogens (tertiary/aromatic N) is 2. The van der Waals surface area contributed by atoms with Crippen molar-refractivity contribution < 1.29 is 4.42 Å². The fraction of sp³-hybridized carbons (Fsp3) is 0. The molecule has 0 amide bonds. The highest BCUT2D eigenvalue weighted by Gasteiger charge is 2.12. The van der Waals surface area contributed by atoms with Gasteiger partial charge < -0.3 is 4.42 Å². The molecule has 0 atom stereocenters. The SMILES string of the molecule is O=c1oc2c(Br)cc(Br)cc2cc1-n1cc2ccccc2n1. The summed E-state index contributed by atoms with van der Waals surface area (Å²) in [5, 5.41) is 6.21. The van der Waals surface area contributed by atoms with Crippen molar-refractivity contribution in [3.8, 4) is 5.69 Å². The van der Waals surface area contributed by atoms with Gasteiger partial charge in [-0.05, 0) is 40.2 Å². The second-order valence-electron chi connectivity index (χ2n) is 4.86. The first kappa shape index (κ1) is 13.7. The van der Waals surface area contributed by atoms with Crippen molar-refractivity contribution >= 4 is 53.7 Å². The molecule has 108 valence electrons. The second-order valence-corrected chi connectivity index (χ2v) is 6.63. The first-order valence-corrected chi connectivity index (χ1v) is 8.08. The maximum atomic E-state index is 12.3. The topological polar surface area (TPSA) is 48.0 Å². The highest BCUT2D eigenvalue weighted by molar-refractivity contribution is 9.11. The van der Waals surface area contributed by atoms with E-state index in [-0.39, 0.29) is 0 Å². The van der Waals surface area contributed by atoms with Crippen LogP contribution in [0.25, 0.3) is 27.6 Å². The standard InChI is InChI=1S/C16H8Br2N2O2/c17-11-5-10-6-14(16(21)22-15(10)12(18)7-11)20-8-9-3-1-2-4-13(9)19-20/h1-8H. The molecule has 0 bridgehead atoms. The van der Waals surface area contributed by atoms with E-state index in [9.17, 15) is 4.79 Å². The highest BCUT2D eigenvalue weighted by Crippen LogP contribution is 2.28. The summed E-state index contributed by atoms with van der Waals surface area (Å²) in [5.74, 6) is 0. The molecule has 0 unspecified atom stereocenters. The molecule has 4 rings (SSSR count). The Morgan fingerprint density at radius 1 is 1.05 bits per heavy atom. The summed E-state index contributed by atoms with van der Waals surface area (Å²) in [5.41, 5.74) is 1.31. The van der Waals surface area contributed by atoms with Crippen LogP contribution in [0.1, 0.15) is 0 Å². The predicted molar refractivity (Wildman–Crippen MR) is 92.5 cm³/mol. The lowest BCUT2D eigenvalue weighted by Crippen LogP contribution is -2.10. The summed E-state index contributed by atoms with van der Waals surface area (Å²) in [7, 11) is 0.